The van der Waals surface area contributed by atoms with E-state index in [4.69, 9.17) is 0 Å². The topological polar surface area (TPSA) is 23.6 Å². The summed E-state index contributed by atoms with van der Waals surface area (Å²) in [4.78, 5) is 16.9. The number of hydrogen-bond donors (Lipinski definition) is 0. The summed E-state index contributed by atoms with van der Waals surface area (Å²) in [5.41, 5.74) is 5.88. The highest BCUT2D eigenvalue weighted by Crippen LogP contribution is 2.16. The predicted molar refractivity (Wildman–Crippen MR) is 141 cm³/mol. The smallest absolute Gasteiger partial charge is 0.148 e. The van der Waals surface area contributed by atoms with Gasteiger partial charge < -0.3 is 0 Å². The van der Waals surface area contributed by atoms with E-state index < -0.39 is 0 Å². The quantitative estimate of drug-likeness (QED) is 0.284. The minimum atomic E-state index is 0.0490. The Morgan fingerprint density at radius 1 is 0.781 bits per heavy atom. The molecule has 0 N–H and O–H groups in total. The Kier molecular flexibility index (Phi) is 13.8. The number of ketones is 1. The summed E-state index contributed by atoms with van der Waals surface area (Å²) in [5.74, 6) is 0.294. The first-order chi connectivity index (χ1) is 15.1. The van der Waals surface area contributed by atoms with Crippen LogP contribution >= 0.6 is 0 Å². The fourth-order valence-corrected chi connectivity index (χ4v) is 4.27. The molecule has 0 aliphatic carbocycles. The van der Waals surface area contributed by atoms with Crippen molar-refractivity contribution in [2.24, 2.45) is 0 Å². The molecule has 182 valence electrons. The number of carbonyl (C=O) groups is 1. The average molecular weight is 443 g/mol. The van der Waals surface area contributed by atoms with E-state index in [1.54, 1.807) is 6.92 Å². The van der Waals surface area contributed by atoms with E-state index in [-0.39, 0.29) is 6.04 Å². The van der Waals surface area contributed by atoms with Gasteiger partial charge in [-0.3, -0.25) is 14.6 Å². The lowest BCUT2D eigenvalue weighted by Gasteiger charge is -2.42. The van der Waals surface area contributed by atoms with Crippen molar-refractivity contribution in [3.05, 3.63) is 46.6 Å². The number of nitrogens with zero attached hydrogens (tertiary/aromatic N) is 2. The SMILES string of the molecule is CC(=O)C1CN(CC=C(C)CCC=C(C)CCC=C(C)CCC=C(C)C)CCN1C(C)C. The molecule has 1 saturated heterocycles. The van der Waals surface area contributed by atoms with E-state index in [0.29, 0.717) is 11.8 Å². The summed E-state index contributed by atoms with van der Waals surface area (Å²) in [5, 5.41) is 0. The molecule has 0 saturated carbocycles. The zero-order valence-electron chi connectivity index (χ0n) is 22.3. The van der Waals surface area contributed by atoms with Crippen LogP contribution in [0.15, 0.2) is 46.6 Å². The molecular weight excluding hydrogens is 392 g/mol. The highest BCUT2D eigenvalue weighted by molar-refractivity contribution is 5.81. The van der Waals surface area contributed by atoms with Crippen LogP contribution < -0.4 is 0 Å². The third kappa shape index (κ3) is 12.0. The fourth-order valence-electron chi connectivity index (χ4n) is 4.27. The number of rotatable bonds is 13. The molecule has 32 heavy (non-hydrogen) atoms. The first-order valence-corrected chi connectivity index (χ1v) is 12.7. The van der Waals surface area contributed by atoms with Crippen LogP contribution in [0.4, 0.5) is 0 Å². The highest BCUT2D eigenvalue weighted by Gasteiger charge is 2.31. The first kappa shape index (κ1) is 28.6. The maximum Gasteiger partial charge on any atom is 0.148 e. The maximum atomic E-state index is 12.1. The number of allylic oxidation sites excluding steroid dienone is 7. The van der Waals surface area contributed by atoms with Gasteiger partial charge in [0.25, 0.3) is 0 Å². The Balaban J connectivity index is 2.35. The molecule has 1 atom stereocenters. The van der Waals surface area contributed by atoms with E-state index in [1.807, 2.05) is 0 Å². The third-order valence-corrected chi connectivity index (χ3v) is 6.49. The zero-order valence-corrected chi connectivity index (χ0v) is 22.3. The molecule has 1 aliphatic heterocycles. The van der Waals surface area contributed by atoms with Gasteiger partial charge in [0, 0.05) is 32.2 Å². The van der Waals surface area contributed by atoms with Crippen LogP contribution in [-0.2, 0) is 4.79 Å². The minimum Gasteiger partial charge on any atom is -0.298 e. The van der Waals surface area contributed by atoms with Gasteiger partial charge in [0.2, 0.25) is 0 Å². The van der Waals surface area contributed by atoms with Crippen molar-refractivity contribution in [1.82, 2.24) is 9.80 Å². The molecule has 0 bridgehead atoms. The largest absolute Gasteiger partial charge is 0.298 e. The number of carbonyl (C=O) groups excluding carboxylic acids is 1. The lowest BCUT2D eigenvalue weighted by molar-refractivity contribution is -0.125. The number of hydrogen-bond acceptors (Lipinski definition) is 3. The Morgan fingerprint density at radius 3 is 1.75 bits per heavy atom. The Hall–Kier alpha value is -1.45. The molecule has 1 rings (SSSR count). The second-order valence-electron chi connectivity index (χ2n) is 10.3. The molecule has 0 spiro atoms. The molecule has 0 aromatic carbocycles. The molecule has 0 aromatic rings. The van der Waals surface area contributed by atoms with Crippen LogP contribution in [0.3, 0.4) is 0 Å². The van der Waals surface area contributed by atoms with Crippen molar-refractivity contribution in [1.29, 1.82) is 0 Å². The molecule has 0 amide bonds. The van der Waals surface area contributed by atoms with Gasteiger partial charge in [0.05, 0.1) is 6.04 Å². The maximum absolute atomic E-state index is 12.1. The second kappa shape index (κ2) is 15.4. The molecule has 1 heterocycles. The van der Waals surface area contributed by atoms with Gasteiger partial charge in [0.1, 0.15) is 5.78 Å². The van der Waals surface area contributed by atoms with Crippen LogP contribution in [0.5, 0.6) is 0 Å². The zero-order chi connectivity index (χ0) is 24.1. The predicted octanol–water partition coefficient (Wildman–Crippen LogP) is 7.12. The lowest BCUT2D eigenvalue weighted by atomic mass is 10.0. The van der Waals surface area contributed by atoms with Crippen molar-refractivity contribution >= 4 is 5.78 Å². The van der Waals surface area contributed by atoms with Crippen molar-refractivity contribution in [3.8, 4) is 0 Å². The summed E-state index contributed by atoms with van der Waals surface area (Å²) in [7, 11) is 0. The van der Waals surface area contributed by atoms with E-state index >= 15 is 0 Å². The van der Waals surface area contributed by atoms with Crippen LogP contribution in [0.2, 0.25) is 0 Å². The monoisotopic (exact) mass is 442 g/mol. The van der Waals surface area contributed by atoms with Gasteiger partial charge >= 0.3 is 0 Å². The Labute approximate surface area is 199 Å². The number of piperazine rings is 1. The standard InChI is InChI=1S/C29H50N2O/c1-23(2)12-9-13-25(5)14-10-15-26(6)16-11-17-27(7)18-19-30-20-21-31(24(3)4)29(22-30)28(8)32/h12,14,16,18,24,29H,9-11,13,15,17,19-22H2,1-8H3. The molecule has 1 fully saturated rings. The van der Waals surface area contributed by atoms with Gasteiger partial charge in [-0.25, -0.2) is 0 Å². The first-order valence-electron chi connectivity index (χ1n) is 12.7. The van der Waals surface area contributed by atoms with E-state index in [9.17, 15) is 4.79 Å². The van der Waals surface area contributed by atoms with Crippen molar-refractivity contribution in [3.63, 3.8) is 0 Å². The summed E-state index contributed by atoms with van der Waals surface area (Å²) < 4.78 is 0. The molecule has 0 aromatic heterocycles. The van der Waals surface area contributed by atoms with Crippen molar-refractivity contribution < 1.29 is 4.79 Å². The summed E-state index contributed by atoms with van der Waals surface area (Å²) in [6, 6.07) is 0.480. The van der Waals surface area contributed by atoms with Gasteiger partial charge in [-0.15, -0.1) is 0 Å². The van der Waals surface area contributed by atoms with Crippen molar-refractivity contribution in [2.75, 3.05) is 26.2 Å². The Bertz CT molecular complexity index is 692. The molecule has 3 heteroatoms. The molecule has 1 unspecified atom stereocenters. The Morgan fingerprint density at radius 2 is 1.28 bits per heavy atom. The second-order valence-corrected chi connectivity index (χ2v) is 10.3. The van der Waals surface area contributed by atoms with Crippen LogP contribution in [0, 0.1) is 0 Å². The van der Waals surface area contributed by atoms with E-state index in [1.165, 1.54) is 28.7 Å². The highest BCUT2D eigenvalue weighted by atomic mass is 16.1. The van der Waals surface area contributed by atoms with Crippen LogP contribution in [-0.4, -0.2) is 53.8 Å². The van der Waals surface area contributed by atoms with Crippen molar-refractivity contribution in [2.45, 2.75) is 106 Å². The molecular formula is C29H50N2O. The van der Waals surface area contributed by atoms with Crippen LogP contribution in [0.1, 0.15) is 93.9 Å². The summed E-state index contributed by atoms with van der Waals surface area (Å²) in [6.07, 6.45) is 16.4. The number of Topliss-reactive ketones (excluding diaryl/α,β-unsaturated/α-hetero) is 1. The van der Waals surface area contributed by atoms with Gasteiger partial charge in [-0.1, -0.05) is 46.6 Å². The normalized spacial score (nSPS) is 19.5. The summed E-state index contributed by atoms with van der Waals surface area (Å²) in [6.45, 7) is 21.1. The average Bonchev–Trinajstić information content (AvgIpc) is 2.71. The molecule has 3 nitrogen and oxygen atoms in total. The lowest BCUT2D eigenvalue weighted by Crippen LogP contribution is -2.57. The molecule has 1 aliphatic rings. The van der Waals surface area contributed by atoms with E-state index in [2.05, 4.69) is 82.6 Å². The third-order valence-electron chi connectivity index (χ3n) is 6.49. The van der Waals surface area contributed by atoms with E-state index in [0.717, 1.165) is 58.3 Å². The van der Waals surface area contributed by atoms with Gasteiger partial charge in [-0.2, -0.15) is 0 Å². The fraction of sp³-hybridized carbons (Fsp3) is 0.690. The van der Waals surface area contributed by atoms with Gasteiger partial charge in [0.15, 0.2) is 0 Å². The molecule has 0 radical (unpaired) electrons. The minimum absolute atomic E-state index is 0.0490. The van der Waals surface area contributed by atoms with Gasteiger partial charge in [-0.05, 0) is 93.9 Å². The van der Waals surface area contributed by atoms with Crippen LogP contribution in [0.25, 0.3) is 0 Å². The summed E-state index contributed by atoms with van der Waals surface area (Å²) >= 11 is 0.